The van der Waals surface area contributed by atoms with E-state index < -0.39 is 0 Å². The maximum Gasteiger partial charge on any atom is 0.0438 e. The summed E-state index contributed by atoms with van der Waals surface area (Å²) in [5.41, 5.74) is 2.43. The monoisotopic (exact) mass is 252 g/mol. The number of nitrogens with one attached hydrogen (secondary N) is 1. The van der Waals surface area contributed by atoms with Gasteiger partial charge in [0.05, 0.1) is 0 Å². The molecule has 1 heterocycles. The van der Waals surface area contributed by atoms with Crippen LogP contribution in [0.15, 0.2) is 18.2 Å². The van der Waals surface area contributed by atoms with Crippen LogP contribution in [0.4, 0.5) is 0 Å². The molecule has 0 atom stereocenters. The van der Waals surface area contributed by atoms with Gasteiger partial charge in [0.15, 0.2) is 0 Å². The third kappa shape index (κ3) is 3.70. The standard InChI is InChI=1S/C14H21ClN2/c1-11-3-4-12(9-14(11)15)10-16-13-5-7-17(2)8-6-13/h3-4,9,13,16H,5-8,10H2,1-2H3. The molecule has 0 radical (unpaired) electrons. The minimum absolute atomic E-state index is 0.659. The van der Waals surface area contributed by atoms with Crippen molar-refractivity contribution in [1.82, 2.24) is 10.2 Å². The summed E-state index contributed by atoms with van der Waals surface area (Å²) in [5.74, 6) is 0. The van der Waals surface area contributed by atoms with Crippen molar-refractivity contribution in [3.63, 3.8) is 0 Å². The van der Waals surface area contributed by atoms with Crippen LogP contribution >= 0.6 is 11.6 Å². The summed E-state index contributed by atoms with van der Waals surface area (Å²) in [4.78, 5) is 2.39. The van der Waals surface area contributed by atoms with Gasteiger partial charge in [0.1, 0.15) is 0 Å². The number of nitrogens with zero attached hydrogens (tertiary/aromatic N) is 1. The molecule has 94 valence electrons. The van der Waals surface area contributed by atoms with Crippen LogP contribution < -0.4 is 5.32 Å². The van der Waals surface area contributed by atoms with Gasteiger partial charge < -0.3 is 10.2 Å². The molecule has 0 aromatic heterocycles. The van der Waals surface area contributed by atoms with Crippen molar-refractivity contribution >= 4 is 11.6 Å². The summed E-state index contributed by atoms with van der Waals surface area (Å²) in [6.45, 7) is 5.36. The van der Waals surface area contributed by atoms with Gasteiger partial charge in [-0.05, 0) is 57.1 Å². The van der Waals surface area contributed by atoms with Gasteiger partial charge in [0, 0.05) is 17.6 Å². The highest BCUT2D eigenvalue weighted by Crippen LogP contribution is 2.17. The maximum absolute atomic E-state index is 6.12. The van der Waals surface area contributed by atoms with Crippen LogP contribution in [0.1, 0.15) is 24.0 Å². The Bertz CT molecular complexity index is 370. The minimum atomic E-state index is 0.659. The van der Waals surface area contributed by atoms with Crippen molar-refractivity contribution in [2.45, 2.75) is 32.4 Å². The first-order valence-corrected chi connectivity index (χ1v) is 6.70. The summed E-state index contributed by atoms with van der Waals surface area (Å²) in [6.07, 6.45) is 2.49. The SMILES string of the molecule is Cc1ccc(CNC2CCN(C)CC2)cc1Cl. The van der Waals surface area contributed by atoms with Gasteiger partial charge in [-0.15, -0.1) is 0 Å². The van der Waals surface area contributed by atoms with Crippen LogP contribution in [0.5, 0.6) is 0 Å². The molecule has 0 spiro atoms. The largest absolute Gasteiger partial charge is 0.310 e. The topological polar surface area (TPSA) is 15.3 Å². The number of benzene rings is 1. The van der Waals surface area contributed by atoms with Crippen molar-refractivity contribution < 1.29 is 0 Å². The number of hydrogen-bond acceptors (Lipinski definition) is 2. The summed E-state index contributed by atoms with van der Waals surface area (Å²) in [7, 11) is 2.19. The van der Waals surface area contributed by atoms with Crippen molar-refractivity contribution in [1.29, 1.82) is 0 Å². The molecule has 1 aliphatic rings. The van der Waals surface area contributed by atoms with E-state index in [2.05, 4.69) is 35.5 Å². The van der Waals surface area contributed by atoms with Gasteiger partial charge in [0.2, 0.25) is 0 Å². The number of piperidine rings is 1. The van der Waals surface area contributed by atoms with E-state index >= 15 is 0 Å². The van der Waals surface area contributed by atoms with E-state index in [0.29, 0.717) is 6.04 Å². The molecule has 1 aromatic rings. The molecule has 2 nitrogen and oxygen atoms in total. The fourth-order valence-electron chi connectivity index (χ4n) is 2.22. The quantitative estimate of drug-likeness (QED) is 0.890. The Labute approximate surface area is 109 Å². The molecule has 1 fully saturated rings. The van der Waals surface area contributed by atoms with E-state index in [1.54, 1.807) is 0 Å². The zero-order valence-corrected chi connectivity index (χ0v) is 11.4. The van der Waals surface area contributed by atoms with E-state index in [9.17, 15) is 0 Å². The lowest BCUT2D eigenvalue weighted by molar-refractivity contribution is 0.234. The Balaban J connectivity index is 1.83. The van der Waals surface area contributed by atoms with E-state index in [-0.39, 0.29) is 0 Å². The Kier molecular flexibility index (Phi) is 4.43. The summed E-state index contributed by atoms with van der Waals surface area (Å²) in [5, 5.41) is 4.49. The number of likely N-dealkylation sites (tertiary alicyclic amines) is 1. The van der Waals surface area contributed by atoms with Crippen molar-refractivity contribution in [3.05, 3.63) is 34.3 Å². The summed E-state index contributed by atoms with van der Waals surface area (Å²) >= 11 is 6.12. The van der Waals surface area contributed by atoms with E-state index in [1.165, 1.54) is 31.5 Å². The molecule has 0 saturated carbocycles. The van der Waals surface area contributed by atoms with Crippen LogP contribution in [0, 0.1) is 6.92 Å². The highest BCUT2D eigenvalue weighted by atomic mass is 35.5. The molecule has 0 unspecified atom stereocenters. The molecule has 1 saturated heterocycles. The minimum Gasteiger partial charge on any atom is -0.310 e. The van der Waals surface area contributed by atoms with Gasteiger partial charge in [-0.1, -0.05) is 23.7 Å². The zero-order chi connectivity index (χ0) is 12.3. The lowest BCUT2D eigenvalue weighted by Crippen LogP contribution is -2.40. The molecule has 0 aliphatic carbocycles. The van der Waals surface area contributed by atoms with Gasteiger partial charge in [-0.25, -0.2) is 0 Å². The Morgan fingerprint density at radius 3 is 2.71 bits per heavy atom. The molecule has 1 aromatic carbocycles. The van der Waals surface area contributed by atoms with Crippen LogP contribution in [-0.2, 0) is 6.54 Å². The van der Waals surface area contributed by atoms with Crippen molar-refractivity contribution in [3.8, 4) is 0 Å². The zero-order valence-electron chi connectivity index (χ0n) is 10.7. The molecule has 17 heavy (non-hydrogen) atoms. The Morgan fingerprint density at radius 1 is 1.35 bits per heavy atom. The molecule has 3 heteroatoms. The van der Waals surface area contributed by atoms with Gasteiger partial charge >= 0.3 is 0 Å². The molecule has 2 rings (SSSR count). The second kappa shape index (κ2) is 5.85. The lowest BCUT2D eigenvalue weighted by Gasteiger charge is -2.29. The third-order valence-corrected chi connectivity index (χ3v) is 3.96. The predicted octanol–water partition coefficient (Wildman–Crippen LogP) is 2.83. The summed E-state index contributed by atoms with van der Waals surface area (Å²) in [6, 6.07) is 6.97. The highest BCUT2D eigenvalue weighted by molar-refractivity contribution is 6.31. The van der Waals surface area contributed by atoms with E-state index in [1.807, 2.05) is 6.92 Å². The van der Waals surface area contributed by atoms with Crippen LogP contribution in [0.2, 0.25) is 5.02 Å². The average Bonchev–Trinajstić information content (AvgIpc) is 2.33. The lowest BCUT2D eigenvalue weighted by atomic mass is 10.0. The molecular formula is C14H21ClN2. The second-order valence-corrected chi connectivity index (χ2v) is 5.45. The van der Waals surface area contributed by atoms with Crippen LogP contribution in [0.25, 0.3) is 0 Å². The number of rotatable bonds is 3. The number of halogens is 1. The summed E-state index contributed by atoms with van der Waals surface area (Å²) < 4.78 is 0. The molecule has 0 amide bonds. The van der Waals surface area contributed by atoms with Crippen LogP contribution in [-0.4, -0.2) is 31.1 Å². The molecule has 0 bridgehead atoms. The maximum atomic E-state index is 6.12. The van der Waals surface area contributed by atoms with Crippen LogP contribution in [0.3, 0.4) is 0 Å². The van der Waals surface area contributed by atoms with Gasteiger partial charge in [-0.2, -0.15) is 0 Å². The number of hydrogen-bond donors (Lipinski definition) is 1. The third-order valence-electron chi connectivity index (χ3n) is 3.55. The Morgan fingerprint density at radius 2 is 2.06 bits per heavy atom. The highest BCUT2D eigenvalue weighted by Gasteiger charge is 2.15. The van der Waals surface area contributed by atoms with Crippen molar-refractivity contribution in [2.24, 2.45) is 0 Å². The molecule has 1 N–H and O–H groups in total. The first-order chi connectivity index (χ1) is 8.15. The molecule has 1 aliphatic heterocycles. The van der Waals surface area contributed by atoms with Gasteiger partial charge in [-0.3, -0.25) is 0 Å². The van der Waals surface area contributed by atoms with Crippen molar-refractivity contribution in [2.75, 3.05) is 20.1 Å². The fraction of sp³-hybridized carbons (Fsp3) is 0.571. The molecular weight excluding hydrogens is 232 g/mol. The van der Waals surface area contributed by atoms with Gasteiger partial charge in [0.25, 0.3) is 0 Å². The van der Waals surface area contributed by atoms with E-state index in [0.717, 1.165) is 17.1 Å². The second-order valence-electron chi connectivity index (χ2n) is 5.04. The Hall–Kier alpha value is -0.570. The fourth-order valence-corrected chi connectivity index (χ4v) is 2.42. The first-order valence-electron chi connectivity index (χ1n) is 6.32. The predicted molar refractivity (Wildman–Crippen MR) is 73.5 cm³/mol. The normalized spacial score (nSPS) is 18.5. The average molecular weight is 253 g/mol. The first kappa shape index (κ1) is 12.9. The van der Waals surface area contributed by atoms with E-state index in [4.69, 9.17) is 11.6 Å². The smallest absolute Gasteiger partial charge is 0.0438 e. The number of aryl methyl sites for hydroxylation is 1.